The lowest BCUT2D eigenvalue weighted by Gasteiger charge is -2.35. The second-order valence-corrected chi connectivity index (χ2v) is 16.0. The first-order valence-corrected chi connectivity index (χ1v) is 19.7. The van der Waals surface area contributed by atoms with E-state index in [4.69, 9.17) is 4.74 Å². The Labute approximate surface area is 286 Å². The Morgan fingerprint density at radius 2 is 1.75 bits per heavy atom. The van der Waals surface area contributed by atoms with Gasteiger partial charge >= 0.3 is 0 Å². The van der Waals surface area contributed by atoms with Crippen molar-refractivity contribution in [3.63, 3.8) is 0 Å². The third-order valence-corrected chi connectivity index (χ3v) is 11.7. The normalized spacial score (nSPS) is 19.7. The van der Waals surface area contributed by atoms with Crippen molar-refractivity contribution in [1.29, 1.82) is 0 Å². The molecule has 5 atom stereocenters. The van der Waals surface area contributed by atoms with Crippen molar-refractivity contribution >= 4 is 32.6 Å². The summed E-state index contributed by atoms with van der Waals surface area (Å²) in [6.07, 6.45) is 7.29. The molecule has 1 aromatic heterocycles. The zero-order chi connectivity index (χ0) is 34.5. The Morgan fingerprint density at radius 3 is 2.46 bits per heavy atom. The second-order valence-electron chi connectivity index (χ2n) is 13.6. The van der Waals surface area contributed by atoms with Crippen LogP contribution < -0.4 is 10.6 Å². The monoisotopic (exact) mass is 688 g/mol. The molecule has 12 heteroatoms. The van der Waals surface area contributed by atoms with Gasteiger partial charge in [-0.3, -0.25) is 19.5 Å². The SMILES string of the molecule is CCCC[C@H](NC(=O)[C@H](Cc1cccc2cccnc12)CS(=O)(=O)CC)C(=O)N[C@@H](CC1CCCCC1)[C@@H](O)[C@@H](O)CN1CCOCC1. The van der Waals surface area contributed by atoms with Crippen LogP contribution in [0.2, 0.25) is 0 Å². The van der Waals surface area contributed by atoms with Crippen LogP contribution >= 0.6 is 0 Å². The number of hydrogen-bond donors (Lipinski definition) is 4. The summed E-state index contributed by atoms with van der Waals surface area (Å²) in [5.41, 5.74) is 1.47. The number of morpholine rings is 1. The predicted molar refractivity (Wildman–Crippen MR) is 187 cm³/mol. The number of aliphatic hydroxyl groups is 2. The highest BCUT2D eigenvalue weighted by Gasteiger charge is 2.35. The minimum absolute atomic E-state index is 0.0994. The van der Waals surface area contributed by atoms with E-state index < -0.39 is 51.9 Å². The minimum atomic E-state index is -3.53. The van der Waals surface area contributed by atoms with Crippen molar-refractivity contribution < 1.29 is 33.0 Å². The van der Waals surface area contributed by atoms with Gasteiger partial charge in [0, 0.05) is 37.0 Å². The molecule has 0 radical (unpaired) electrons. The standard InChI is InChI=1S/C36H56N4O7S/c1-3-5-16-30(38-35(43)29(25-48(45,46)4-2)23-28-14-9-13-27-15-10-17-37-33(27)28)36(44)39-31(22-26-11-7-6-8-12-26)34(42)32(41)24-40-18-20-47-21-19-40/h9-10,13-15,17,26,29-32,34,41-42H,3-8,11-12,16,18-25H2,1-2H3,(H,38,43)(H,39,44)/t29-,30+,31+,32+,34-/m1/s1. The summed E-state index contributed by atoms with van der Waals surface area (Å²) in [5.74, 6) is -2.00. The number of pyridine rings is 1. The summed E-state index contributed by atoms with van der Waals surface area (Å²) in [6.45, 7) is 6.30. The fraction of sp³-hybridized carbons (Fsp3) is 0.694. The van der Waals surface area contributed by atoms with Crippen LogP contribution in [-0.4, -0.2) is 109 Å². The number of unbranched alkanes of at least 4 members (excludes halogenated alkanes) is 1. The fourth-order valence-corrected chi connectivity index (χ4v) is 8.11. The number of rotatable bonds is 18. The molecule has 1 aliphatic carbocycles. The second kappa shape index (κ2) is 18.9. The molecule has 1 saturated heterocycles. The van der Waals surface area contributed by atoms with Gasteiger partial charge in [0.15, 0.2) is 9.84 Å². The van der Waals surface area contributed by atoms with E-state index in [1.165, 1.54) is 6.42 Å². The molecule has 268 valence electrons. The first-order chi connectivity index (χ1) is 23.1. The van der Waals surface area contributed by atoms with Gasteiger partial charge in [0.25, 0.3) is 0 Å². The molecule has 48 heavy (non-hydrogen) atoms. The number of benzene rings is 1. The third kappa shape index (κ3) is 11.5. The van der Waals surface area contributed by atoms with Crippen LogP contribution in [0, 0.1) is 11.8 Å². The highest BCUT2D eigenvalue weighted by Crippen LogP contribution is 2.29. The van der Waals surface area contributed by atoms with Crippen molar-refractivity contribution in [2.24, 2.45) is 11.8 Å². The molecular formula is C36H56N4O7S. The number of fused-ring (bicyclic) bond motifs is 1. The van der Waals surface area contributed by atoms with Gasteiger partial charge in [-0.05, 0) is 36.8 Å². The van der Waals surface area contributed by atoms with E-state index in [0.717, 1.165) is 43.1 Å². The lowest BCUT2D eigenvalue weighted by Crippen LogP contribution is -2.57. The molecule has 2 fully saturated rings. The maximum Gasteiger partial charge on any atom is 0.242 e. The van der Waals surface area contributed by atoms with E-state index in [2.05, 4.69) is 20.5 Å². The average Bonchev–Trinajstić information content (AvgIpc) is 3.10. The summed E-state index contributed by atoms with van der Waals surface area (Å²) in [6, 6.07) is 7.77. The van der Waals surface area contributed by atoms with Crippen LogP contribution in [0.15, 0.2) is 36.5 Å². The van der Waals surface area contributed by atoms with Crippen LogP contribution in [0.3, 0.4) is 0 Å². The number of aliphatic hydroxyl groups excluding tert-OH is 2. The molecule has 1 aromatic carbocycles. The number of nitrogens with zero attached hydrogens (tertiary/aromatic N) is 2. The topological polar surface area (TPSA) is 158 Å². The molecule has 4 rings (SSSR count). The van der Waals surface area contributed by atoms with E-state index in [-0.39, 0.29) is 24.5 Å². The Kier molecular flexibility index (Phi) is 15.1. The third-order valence-electron chi connectivity index (χ3n) is 9.92. The highest BCUT2D eigenvalue weighted by molar-refractivity contribution is 7.91. The van der Waals surface area contributed by atoms with Gasteiger partial charge in [-0.1, -0.05) is 83.1 Å². The Bertz CT molecular complexity index is 1410. The van der Waals surface area contributed by atoms with Crippen LogP contribution in [0.5, 0.6) is 0 Å². The maximum atomic E-state index is 14.0. The van der Waals surface area contributed by atoms with Crippen molar-refractivity contribution in [2.75, 3.05) is 44.4 Å². The van der Waals surface area contributed by atoms with Gasteiger partial charge < -0.3 is 25.6 Å². The molecule has 4 N–H and O–H groups in total. The maximum absolute atomic E-state index is 14.0. The summed E-state index contributed by atoms with van der Waals surface area (Å²) in [5, 5.41) is 29.4. The quantitative estimate of drug-likeness (QED) is 0.185. The number of sulfone groups is 1. The van der Waals surface area contributed by atoms with E-state index in [9.17, 15) is 28.2 Å². The van der Waals surface area contributed by atoms with Crippen LogP contribution in [0.4, 0.5) is 0 Å². The lowest BCUT2D eigenvalue weighted by atomic mass is 9.83. The number of nitrogens with one attached hydrogen (secondary N) is 2. The van der Waals surface area contributed by atoms with Gasteiger partial charge in [-0.15, -0.1) is 0 Å². The Balaban J connectivity index is 1.53. The molecular weight excluding hydrogens is 632 g/mol. The Hall–Kier alpha value is -2.64. The minimum Gasteiger partial charge on any atom is -0.389 e. The zero-order valence-electron chi connectivity index (χ0n) is 28.7. The molecule has 2 amide bonds. The number of hydrogen-bond acceptors (Lipinski definition) is 9. The predicted octanol–water partition coefficient (Wildman–Crippen LogP) is 3.01. The van der Waals surface area contributed by atoms with Crippen LogP contribution in [-0.2, 0) is 30.6 Å². The smallest absolute Gasteiger partial charge is 0.242 e. The van der Waals surface area contributed by atoms with Gasteiger partial charge in [0.1, 0.15) is 12.1 Å². The van der Waals surface area contributed by atoms with Gasteiger partial charge in [-0.25, -0.2) is 8.42 Å². The molecule has 0 spiro atoms. The zero-order valence-corrected chi connectivity index (χ0v) is 29.5. The van der Waals surface area contributed by atoms with E-state index in [1.54, 1.807) is 13.1 Å². The largest absolute Gasteiger partial charge is 0.389 e. The summed E-state index contributed by atoms with van der Waals surface area (Å²) >= 11 is 0. The molecule has 0 bridgehead atoms. The van der Waals surface area contributed by atoms with Gasteiger partial charge in [-0.2, -0.15) is 0 Å². The number of para-hydroxylation sites is 1. The summed E-state index contributed by atoms with van der Waals surface area (Å²) < 4.78 is 31.1. The molecule has 2 aliphatic rings. The molecule has 2 heterocycles. The number of ether oxygens (including phenoxy) is 1. The average molecular weight is 689 g/mol. The lowest BCUT2D eigenvalue weighted by molar-refractivity contribution is -0.132. The number of β-amino-alcohol motifs (C(OH)–C–C–N with tert-alkyl or cyclic N) is 1. The molecule has 11 nitrogen and oxygen atoms in total. The first-order valence-electron chi connectivity index (χ1n) is 17.9. The van der Waals surface area contributed by atoms with E-state index in [1.807, 2.05) is 37.3 Å². The van der Waals surface area contributed by atoms with Crippen molar-refractivity contribution in [2.45, 2.75) is 102 Å². The van der Waals surface area contributed by atoms with Crippen LogP contribution in [0.1, 0.15) is 77.2 Å². The van der Waals surface area contributed by atoms with Gasteiger partial charge in [0.2, 0.25) is 11.8 Å². The first kappa shape index (κ1) is 38.2. The Morgan fingerprint density at radius 1 is 1.02 bits per heavy atom. The molecule has 2 aromatic rings. The van der Waals surface area contributed by atoms with E-state index in [0.29, 0.717) is 57.0 Å². The number of carbonyl (C=O) groups excluding carboxylic acids is 2. The highest BCUT2D eigenvalue weighted by atomic mass is 32.2. The number of aromatic nitrogens is 1. The summed E-state index contributed by atoms with van der Waals surface area (Å²) in [4.78, 5) is 34.5. The molecule has 0 unspecified atom stereocenters. The molecule has 1 saturated carbocycles. The fourth-order valence-electron chi connectivity index (χ4n) is 6.99. The van der Waals surface area contributed by atoms with Crippen LogP contribution in [0.25, 0.3) is 10.9 Å². The van der Waals surface area contributed by atoms with Crippen molar-refractivity contribution in [3.05, 3.63) is 42.1 Å². The summed E-state index contributed by atoms with van der Waals surface area (Å²) in [7, 11) is -3.53. The number of amides is 2. The van der Waals surface area contributed by atoms with Crippen molar-refractivity contribution in [1.82, 2.24) is 20.5 Å². The molecule has 1 aliphatic heterocycles. The number of carbonyl (C=O) groups is 2. The van der Waals surface area contributed by atoms with Gasteiger partial charge in [0.05, 0.1) is 42.5 Å². The van der Waals surface area contributed by atoms with Crippen molar-refractivity contribution in [3.8, 4) is 0 Å². The van der Waals surface area contributed by atoms with E-state index >= 15 is 0 Å².